The summed E-state index contributed by atoms with van der Waals surface area (Å²) in [6.07, 6.45) is 0. The van der Waals surface area contributed by atoms with Crippen LogP contribution in [0.5, 0.6) is 11.5 Å². The maximum atomic E-state index is 14.3. The van der Waals surface area contributed by atoms with Crippen LogP contribution in [0.4, 0.5) is 5.69 Å². The van der Waals surface area contributed by atoms with Gasteiger partial charge < -0.3 is 14.8 Å². The summed E-state index contributed by atoms with van der Waals surface area (Å²) in [5.41, 5.74) is 1.61. The molecule has 1 heterocycles. The Morgan fingerprint density at radius 3 is 2.35 bits per heavy atom. The van der Waals surface area contributed by atoms with Crippen LogP contribution in [0.2, 0.25) is 0 Å². The molecule has 0 bridgehead atoms. The van der Waals surface area contributed by atoms with Gasteiger partial charge in [0.2, 0.25) is 11.8 Å². The molecule has 1 aromatic heterocycles. The highest BCUT2D eigenvalue weighted by molar-refractivity contribution is 6.08. The summed E-state index contributed by atoms with van der Waals surface area (Å²) in [4.78, 5) is 42.6. The highest BCUT2D eigenvalue weighted by Gasteiger charge is 2.38. The Labute approximate surface area is 232 Å². The van der Waals surface area contributed by atoms with Crippen molar-refractivity contribution < 1.29 is 23.9 Å². The zero-order valence-electron chi connectivity index (χ0n) is 23.5. The minimum absolute atomic E-state index is 0.238. The molecular formula is C30H33N5O5. The SMILES string of the molecule is COc1ccc(OC)c([C@@H](C(=O)NC(C)(C)C)N(C(=O)Cn2nnc3ccccc32)c2ccccc2C(C)=O)c1. The molecule has 2 amide bonds. The predicted molar refractivity (Wildman–Crippen MR) is 152 cm³/mol. The van der Waals surface area contributed by atoms with Crippen LogP contribution in [0.1, 0.15) is 49.7 Å². The van der Waals surface area contributed by atoms with Crippen LogP contribution in [0.15, 0.2) is 66.7 Å². The minimum atomic E-state index is -1.23. The Bertz CT molecular complexity index is 1560. The van der Waals surface area contributed by atoms with Gasteiger partial charge in [-0.1, -0.05) is 29.5 Å². The van der Waals surface area contributed by atoms with Crippen LogP contribution in [0, 0.1) is 0 Å². The fraction of sp³-hybridized carbons (Fsp3) is 0.300. The van der Waals surface area contributed by atoms with E-state index in [0.29, 0.717) is 28.1 Å². The largest absolute Gasteiger partial charge is 0.497 e. The van der Waals surface area contributed by atoms with Gasteiger partial charge >= 0.3 is 0 Å². The van der Waals surface area contributed by atoms with Gasteiger partial charge in [0.1, 0.15) is 29.6 Å². The number of rotatable bonds is 9. The molecule has 1 atom stereocenters. The fourth-order valence-corrected chi connectivity index (χ4v) is 4.53. The molecule has 1 N–H and O–H groups in total. The molecule has 40 heavy (non-hydrogen) atoms. The molecule has 0 saturated heterocycles. The molecule has 3 aromatic carbocycles. The molecule has 0 radical (unpaired) electrons. The third-order valence-corrected chi connectivity index (χ3v) is 6.25. The van der Waals surface area contributed by atoms with E-state index in [9.17, 15) is 14.4 Å². The Kier molecular flexibility index (Phi) is 8.18. The molecular weight excluding hydrogens is 510 g/mol. The van der Waals surface area contributed by atoms with Gasteiger partial charge in [-0.05, 0) is 70.2 Å². The van der Waals surface area contributed by atoms with Crippen LogP contribution >= 0.6 is 0 Å². The van der Waals surface area contributed by atoms with E-state index < -0.39 is 23.4 Å². The number of Topliss-reactive ketones (excluding diaryl/α,β-unsaturated/α-hetero) is 1. The number of nitrogens with zero attached hydrogens (tertiary/aromatic N) is 4. The van der Waals surface area contributed by atoms with Crippen molar-refractivity contribution in [2.75, 3.05) is 19.1 Å². The second-order valence-corrected chi connectivity index (χ2v) is 10.3. The molecule has 0 aliphatic rings. The second-order valence-electron chi connectivity index (χ2n) is 10.3. The second kappa shape index (κ2) is 11.6. The summed E-state index contributed by atoms with van der Waals surface area (Å²) in [5.74, 6) is -0.359. The lowest BCUT2D eigenvalue weighted by molar-refractivity contribution is -0.128. The summed E-state index contributed by atoms with van der Waals surface area (Å²) in [6, 6.07) is 17.8. The number of nitrogens with one attached hydrogen (secondary N) is 1. The van der Waals surface area contributed by atoms with Crippen molar-refractivity contribution in [1.82, 2.24) is 20.3 Å². The van der Waals surface area contributed by atoms with Crippen molar-refractivity contribution in [3.63, 3.8) is 0 Å². The van der Waals surface area contributed by atoms with Gasteiger partial charge in [0.05, 0.1) is 25.4 Å². The molecule has 0 aliphatic carbocycles. The third kappa shape index (κ3) is 5.96. The van der Waals surface area contributed by atoms with Gasteiger partial charge in [-0.2, -0.15) is 0 Å². The number of ketones is 1. The molecule has 10 heteroatoms. The van der Waals surface area contributed by atoms with Crippen LogP contribution in [-0.4, -0.2) is 52.3 Å². The van der Waals surface area contributed by atoms with Crippen molar-refractivity contribution in [1.29, 1.82) is 0 Å². The Balaban J connectivity index is 1.96. The Morgan fingerprint density at radius 2 is 1.68 bits per heavy atom. The Morgan fingerprint density at radius 1 is 0.975 bits per heavy atom. The van der Waals surface area contributed by atoms with Crippen LogP contribution in [0.25, 0.3) is 11.0 Å². The smallest absolute Gasteiger partial charge is 0.249 e. The van der Waals surface area contributed by atoms with Crippen LogP contribution < -0.4 is 19.7 Å². The highest BCUT2D eigenvalue weighted by atomic mass is 16.5. The predicted octanol–water partition coefficient (Wildman–Crippen LogP) is 4.34. The standard InChI is InChI=1S/C30H33N5O5/c1-19(36)21-11-7-9-13-24(21)35(27(37)18-34-25-14-10-8-12-23(25)32-33-34)28(29(38)31-30(2,3)4)22-17-20(39-5)15-16-26(22)40-6/h7-17,28H,18H2,1-6H3,(H,31,38)/t28-/m0/s1. The number of anilines is 1. The minimum Gasteiger partial charge on any atom is -0.497 e. The first-order valence-electron chi connectivity index (χ1n) is 12.8. The number of para-hydroxylation sites is 2. The van der Waals surface area contributed by atoms with E-state index in [1.807, 2.05) is 39.0 Å². The number of carbonyl (C=O) groups excluding carboxylic acids is 3. The monoisotopic (exact) mass is 543 g/mol. The van der Waals surface area contributed by atoms with Gasteiger partial charge in [-0.25, -0.2) is 4.68 Å². The fourth-order valence-electron chi connectivity index (χ4n) is 4.53. The average Bonchev–Trinajstić information content (AvgIpc) is 3.32. The van der Waals surface area contributed by atoms with E-state index >= 15 is 0 Å². The van der Waals surface area contributed by atoms with Gasteiger partial charge in [-0.15, -0.1) is 5.10 Å². The van der Waals surface area contributed by atoms with Crippen LogP contribution in [0.3, 0.4) is 0 Å². The number of methoxy groups -OCH3 is 2. The van der Waals surface area contributed by atoms with Crippen molar-refractivity contribution >= 4 is 34.3 Å². The number of aromatic nitrogens is 3. The lowest BCUT2D eigenvalue weighted by Gasteiger charge is -2.35. The Hall–Kier alpha value is -4.73. The van der Waals surface area contributed by atoms with Crippen molar-refractivity contribution in [2.45, 2.75) is 45.8 Å². The molecule has 0 aliphatic heterocycles. The van der Waals surface area contributed by atoms with E-state index in [-0.39, 0.29) is 23.6 Å². The molecule has 0 saturated carbocycles. The number of ether oxygens (including phenoxy) is 2. The molecule has 10 nitrogen and oxygen atoms in total. The summed E-state index contributed by atoms with van der Waals surface area (Å²) in [6.45, 7) is 6.73. The zero-order chi connectivity index (χ0) is 29.0. The van der Waals surface area contributed by atoms with Gasteiger partial charge in [0, 0.05) is 16.7 Å². The van der Waals surface area contributed by atoms with E-state index in [0.717, 1.165) is 0 Å². The van der Waals surface area contributed by atoms with E-state index in [1.54, 1.807) is 48.5 Å². The van der Waals surface area contributed by atoms with E-state index in [2.05, 4.69) is 15.6 Å². The number of amides is 2. The summed E-state index contributed by atoms with van der Waals surface area (Å²) in [7, 11) is 3.00. The van der Waals surface area contributed by atoms with Crippen LogP contribution in [-0.2, 0) is 16.1 Å². The van der Waals surface area contributed by atoms with E-state index in [4.69, 9.17) is 9.47 Å². The van der Waals surface area contributed by atoms with Crippen molar-refractivity contribution in [3.05, 3.63) is 77.9 Å². The summed E-state index contributed by atoms with van der Waals surface area (Å²) < 4.78 is 12.6. The number of fused-ring (bicyclic) bond motifs is 1. The summed E-state index contributed by atoms with van der Waals surface area (Å²) in [5, 5.41) is 11.3. The average molecular weight is 544 g/mol. The first-order chi connectivity index (χ1) is 19.0. The normalized spacial score (nSPS) is 12.1. The molecule has 0 unspecified atom stereocenters. The molecule has 4 aromatic rings. The lowest BCUT2D eigenvalue weighted by atomic mass is 9.98. The molecule has 4 rings (SSSR count). The van der Waals surface area contributed by atoms with Gasteiger partial charge in [-0.3, -0.25) is 19.3 Å². The van der Waals surface area contributed by atoms with Crippen molar-refractivity contribution in [3.8, 4) is 11.5 Å². The molecule has 208 valence electrons. The number of hydrogen-bond acceptors (Lipinski definition) is 7. The number of carbonyl (C=O) groups is 3. The number of benzene rings is 3. The number of hydrogen-bond donors (Lipinski definition) is 1. The first kappa shape index (κ1) is 28.3. The topological polar surface area (TPSA) is 116 Å². The first-order valence-corrected chi connectivity index (χ1v) is 12.8. The van der Waals surface area contributed by atoms with Gasteiger partial charge in [0.15, 0.2) is 5.78 Å². The third-order valence-electron chi connectivity index (χ3n) is 6.25. The van der Waals surface area contributed by atoms with E-state index in [1.165, 1.54) is 30.7 Å². The molecule has 0 fully saturated rings. The lowest BCUT2D eigenvalue weighted by Crippen LogP contribution is -2.50. The maximum Gasteiger partial charge on any atom is 0.249 e. The van der Waals surface area contributed by atoms with Crippen molar-refractivity contribution in [2.24, 2.45) is 0 Å². The highest BCUT2D eigenvalue weighted by Crippen LogP contribution is 2.38. The zero-order valence-corrected chi connectivity index (χ0v) is 23.5. The summed E-state index contributed by atoms with van der Waals surface area (Å²) >= 11 is 0. The quantitative estimate of drug-likeness (QED) is 0.312. The molecule has 0 spiro atoms. The van der Waals surface area contributed by atoms with Gasteiger partial charge in [0.25, 0.3) is 0 Å². The maximum absolute atomic E-state index is 14.3.